The molecule has 0 bridgehead atoms. The molecule has 1 fully saturated rings. The van der Waals surface area contributed by atoms with Crippen molar-refractivity contribution in [3.63, 3.8) is 0 Å². The lowest BCUT2D eigenvalue weighted by atomic mass is 10.2. The summed E-state index contributed by atoms with van der Waals surface area (Å²) in [6.45, 7) is 4.91. The van der Waals surface area contributed by atoms with Gasteiger partial charge in [-0.2, -0.15) is 0 Å². The van der Waals surface area contributed by atoms with Crippen LogP contribution in [0.25, 0.3) is 0 Å². The summed E-state index contributed by atoms with van der Waals surface area (Å²) in [5.41, 5.74) is 0.569. The van der Waals surface area contributed by atoms with Gasteiger partial charge in [-0.3, -0.25) is 4.79 Å². The van der Waals surface area contributed by atoms with Crippen molar-refractivity contribution in [2.75, 3.05) is 13.1 Å². The molecule has 1 aliphatic rings. The van der Waals surface area contributed by atoms with E-state index in [-0.39, 0.29) is 10.8 Å². The topological polar surface area (TPSA) is 54.5 Å². The molecule has 116 valence electrons. The van der Waals surface area contributed by atoms with E-state index >= 15 is 0 Å². The van der Waals surface area contributed by atoms with Crippen LogP contribution in [-0.4, -0.2) is 37.6 Å². The average molecular weight is 309 g/mol. The van der Waals surface area contributed by atoms with E-state index in [0.29, 0.717) is 5.56 Å². The average Bonchev–Trinajstić information content (AvgIpc) is 2.75. The normalized spacial score (nSPS) is 16.8. The molecule has 1 saturated heterocycles. The number of hydrogen-bond donors (Lipinski definition) is 0. The quantitative estimate of drug-likeness (QED) is 0.862. The first-order chi connectivity index (χ1) is 9.93. The van der Waals surface area contributed by atoms with Crippen LogP contribution in [0.15, 0.2) is 29.2 Å². The zero-order valence-electron chi connectivity index (χ0n) is 12.7. The van der Waals surface area contributed by atoms with Crippen molar-refractivity contribution in [3.05, 3.63) is 29.8 Å². The van der Waals surface area contributed by atoms with Crippen LogP contribution < -0.4 is 0 Å². The third-order valence-electron chi connectivity index (χ3n) is 3.94. The Hall–Kier alpha value is -1.36. The van der Waals surface area contributed by atoms with Gasteiger partial charge in [-0.1, -0.05) is 12.8 Å². The van der Waals surface area contributed by atoms with Gasteiger partial charge in [0, 0.05) is 18.7 Å². The van der Waals surface area contributed by atoms with E-state index in [0.717, 1.165) is 25.9 Å². The molecule has 4 nitrogen and oxygen atoms in total. The van der Waals surface area contributed by atoms with Crippen molar-refractivity contribution in [3.8, 4) is 0 Å². The van der Waals surface area contributed by atoms with Gasteiger partial charge < -0.3 is 4.90 Å². The number of sulfone groups is 1. The zero-order valence-corrected chi connectivity index (χ0v) is 13.5. The van der Waals surface area contributed by atoms with Crippen LogP contribution in [0.2, 0.25) is 0 Å². The van der Waals surface area contributed by atoms with Crippen LogP contribution in [0, 0.1) is 0 Å². The summed E-state index contributed by atoms with van der Waals surface area (Å²) >= 11 is 0. The van der Waals surface area contributed by atoms with Gasteiger partial charge in [0.05, 0.1) is 10.1 Å². The van der Waals surface area contributed by atoms with Crippen molar-refractivity contribution in [2.24, 2.45) is 0 Å². The highest BCUT2D eigenvalue weighted by Crippen LogP contribution is 2.18. The van der Waals surface area contributed by atoms with Crippen molar-refractivity contribution in [1.82, 2.24) is 4.90 Å². The van der Waals surface area contributed by atoms with Gasteiger partial charge >= 0.3 is 0 Å². The molecule has 1 heterocycles. The van der Waals surface area contributed by atoms with Crippen LogP contribution >= 0.6 is 0 Å². The number of benzene rings is 1. The molecule has 0 atom stereocenters. The van der Waals surface area contributed by atoms with Gasteiger partial charge in [0.1, 0.15) is 0 Å². The van der Waals surface area contributed by atoms with Gasteiger partial charge in [0.15, 0.2) is 9.84 Å². The second-order valence-electron chi connectivity index (χ2n) is 5.82. The molecular formula is C16H23NO3S. The number of nitrogens with zero attached hydrogens (tertiary/aromatic N) is 1. The Bertz CT molecular complexity index is 582. The fourth-order valence-corrected chi connectivity index (χ4v) is 3.58. The molecule has 1 aromatic carbocycles. The minimum Gasteiger partial charge on any atom is -0.339 e. The molecule has 0 unspecified atom stereocenters. The molecular weight excluding hydrogens is 286 g/mol. The molecule has 0 aliphatic carbocycles. The lowest BCUT2D eigenvalue weighted by molar-refractivity contribution is 0.0761. The number of rotatable bonds is 3. The Morgan fingerprint density at radius 2 is 1.52 bits per heavy atom. The predicted molar refractivity (Wildman–Crippen MR) is 83.1 cm³/mol. The number of hydrogen-bond acceptors (Lipinski definition) is 3. The fourth-order valence-electron chi connectivity index (χ4n) is 2.52. The van der Waals surface area contributed by atoms with Crippen molar-refractivity contribution in [2.45, 2.75) is 49.7 Å². The maximum Gasteiger partial charge on any atom is 0.253 e. The van der Waals surface area contributed by atoms with Gasteiger partial charge in [-0.05, 0) is 51.0 Å². The first kappa shape index (κ1) is 16.0. The van der Waals surface area contributed by atoms with E-state index in [4.69, 9.17) is 0 Å². The summed E-state index contributed by atoms with van der Waals surface area (Å²) < 4.78 is 24.1. The third kappa shape index (κ3) is 3.64. The summed E-state index contributed by atoms with van der Waals surface area (Å²) in [7, 11) is -3.27. The predicted octanol–water partition coefficient (Wildman–Crippen LogP) is 2.88. The number of carbonyl (C=O) groups is 1. The molecule has 21 heavy (non-hydrogen) atoms. The van der Waals surface area contributed by atoms with Crippen LogP contribution in [0.3, 0.4) is 0 Å². The monoisotopic (exact) mass is 309 g/mol. The highest BCUT2D eigenvalue weighted by Gasteiger charge is 2.21. The van der Waals surface area contributed by atoms with E-state index in [1.807, 2.05) is 4.90 Å². The fraction of sp³-hybridized carbons (Fsp3) is 0.562. The Labute approximate surface area is 127 Å². The highest BCUT2D eigenvalue weighted by atomic mass is 32.2. The van der Waals surface area contributed by atoms with E-state index in [1.165, 1.54) is 12.8 Å². The summed E-state index contributed by atoms with van der Waals surface area (Å²) in [6.07, 6.45) is 4.45. The van der Waals surface area contributed by atoms with Crippen molar-refractivity contribution in [1.29, 1.82) is 0 Å². The maximum atomic E-state index is 12.4. The van der Waals surface area contributed by atoms with Gasteiger partial charge in [0.2, 0.25) is 0 Å². The Morgan fingerprint density at radius 3 is 2.00 bits per heavy atom. The van der Waals surface area contributed by atoms with E-state index in [1.54, 1.807) is 38.1 Å². The summed E-state index contributed by atoms with van der Waals surface area (Å²) in [5.74, 6) is 0.00500. The summed E-state index contributed by atoms with van der Waals surface area (Å²) in [5, 5.41) is -0.454. The molecule has 0 spiro atoms. The van der Waals surface area contributed by atoms with E-state index in [9.17, 15) is 13.2 Å². The van der Waals surface area contributed by atoms with E-state index < -0.39 is 15.1 Å². The molecule has 2 rings (SSSR count). The standard InChI is InChI=1S/C16H23NO3S/c1-13(2)21(19,20)15-9-7-14(8-10-15)16(18)17-11-5-3-4-6-12-17/h7-10,13H,3-6,11-12H2,1-2H3. The second-order valence-corrected chi connectivity index (χ2v) is 8.33. The van der Waals surface area contributed by atoms with Crippen molar-refractivity contribution >= 4 is 15.7 Å². The molecule has 0 aromatic heterocycles. The number of likely N-dealkylation sites (tertiary alicyclic amines) is 1. The smallest absolute Gasteiger partial charge is 0.253 e. The minimum atomic E-state index is -3.27. The van der Waals surface area contributed by atoms with Crippen LogP contribution in [0.5, 0.6) is 0 Å². The van der Waals surface area contributed by atoms with Crippen LogP contribution in [0.4, 0.5) is 0 Å². The molecule has 0 N–H and O–H groups in total. The lowest BCUT2D eigenvalue weighted by Gasteiger charge is -2.20. The highest BCUT2D eigenvalue weighted by molar-refractivity contribution is 7.92. The van der Waals surface area contributed by atoms with Crippen molar-refractivity contribution < 1.29 is 13.2 Å². The Kier molecular flexibility index (Phi) is 5.04. The second kappa shape index (κ2) is 6.60. The molecule has 5 heteroatoms. The molecule has 1 aromatic rings. The SMILES string of the molecule is CC(C)S(=O)(=O)c1ccc(C(=O)N2CCCCCC2)cc1. The molecule has 1 amide bonds. The Balaban J connectivity index is 2.17. The largest absolute Gasteiger partial charge is 0.339 e. The first-order valence-corrected chi connectivity index (χ1v) is 9.11. The minimum absolute atomic E-state index is 0.00500. The maximum absolute atomic E-state index is 12.4. The van der Waals surface area contributed by atoms with E-state index in [2.05, 4.69) is 0 Å². The van der Waals surface area contributed by atoms with Gasteiger partial charge in [0.25, 0.3) is 5.91 Å². The third-order valence-corrected chi connectivity index (χ3v) is 6.11. The molecule has 1 aliphatic heterocycles. The first-order valence-electron chi connectivity index (χ1n) is 7.56. The number of amides is 1. The number of carbonyl (C=O) groups excluding carboxylic acids is 1. The molecule has 0 saturated carbocycles. The van der Waals surface area contributed by atoms with Gasteiger partial charge in [-0.25, -0.2) is 8.42 Å². The van der Waals surface area contributed by atoms with Gasteiger partial charge in [-0.15, -0.1) is 0 Å². The summed E-state index contributed by atoms with van der Waals surface area (Å²) in [4.78, 5) is 14.6. The zero-order chi connectivity index (χ0) is 15.5. The molecule has 0 radical (unpaired) electrons. The Morgan fingerprint density at radius 1 is 1.00 bits per heavy atom. The van der Waals surface area contributed by atoms with Crippen LogP contribution in [-0.2, 0) is 9.84 Å². The lowest BCUT2D eigenvalue weighted by Crippen LogP contribution is -2.31. The van der Waals surface area contributed by atoms with Crippen LogP contribution in [0.1, 0.15) is 49.9 Å². The summed E-state index contributed by atoms with van der Waals surface area (Å²) in [6, 6.07) is 6.34.